The van der Waals surface area contributed by atoms with Crippen molar-refractivity contribution in [3.8, 4) is 11.4 Å². The fourth-order valence-corrected chi connectivity index (χ4v) is 2.97. The van der Waals surface area contributed by atoms with Crippen molar-refractivity contribution in [2.24, 2.45) is 5.92 Å². The lowest BCUT2D eigenvalue weighted by molar-refractivity contribution is -0.135. The van der Waals surface area contributed by atoms with E-state index >= 15 is 0 Å². The van der Waals surface area contributed by atoms with Crippen LogP contribution >= 0.6 is 0 Å². The van der Waals surface area contributed by atoms with E-state index in [1.807, 2.05) is 30.3 Å². The Labute approximate surface area is 141 Å². The molecule has 1 saturated heterocycles. The van der Waals surface area contributed by atoms with Crippen LogP contribution in [0.15, 0.2) is 34.9 Å². The molecule has 0 radical (unpaired) electrons. The van der Waals surface area contributed by atoms with Crippen LogP contribution in [0.2, 0.25) is 0 Å². The summed E-state index contributed by atoms with van der Waals surface area (Å²) in [6, 6.07) is 9.81. The smallest absolute Gasteiger partial charge is 0.246 e. The molecule has 128 valence electrons. The minimum Gasteiger partial charge on any atom is -0.337 e. The van der Waals surface area contributed by atoms with Crippen LogP contribution in [0.3, 0.4) is 0 Å². The van der Waals surface area contributed by atoms with Crippen molar-refractivity contribution in [3.05, 3.63) is 36.2 Å². The molecule has 7 heteroatoms. The molecule has 1 fully saturated rings. The molecule has 3 rings (SSSR count). The molecule has 2 atom stereocenters. The fourth-order valence-electron chi connectivity index (χ4n) is 2.97. The van der Waals surface area contributed by atoms with Crippen molar-refractivity contribution in [2.45, 2.75) is 32.4 Å². The molecule has 7 nitrogen and oxygen atoms in total. The molecule has 1 aliphatic heterocycles. The molecule has 2 aromatic rings. The Kier molecular flexibility index (Phi) is 5.22. The van der Waals surface area contributed by atoms with E-state index in [0.29, 0.717) is 24.8 Å². The van der Waals surface area contributed by atoms with E-state index in [1.165, 1.54) is 0 Å². The van der Waals surface area contributed by atoms with Crippen molar-refractivity contribution in [2.75, 3.05) is 13.6 Å². The van der Waals surface area contributed by atoms with E-state index in [4.69, 9.17) is 4.52 Å². The van der Waals surface area contributed by atoms with E-state index in [1.54, 1.807) is 11.9 Å². The van der Waals surface area contributed by atoms with Gasteiger partial charge in [0.2, 0.25) is 17.6 Å². The van der Waals surface area contributed by atoms with Crippen LogP contribution in [0.25, 0.3) is 11.4 Å². The quantitative estimate of drug-likeness (QED) is 0.837. The number of aromatic nitrogens is 2. The van der Waals surface area contributed by atoms with E-state index in [2.05, 4.69) is 27.9 Å². The number of amides is 1. The highest BCUT2D eigenvalue weighted by Gasteiger charge is 2.34. The van der Waals surface area contributed by atoms with Gasteiger partial charge in [-0.15, -0.1) is 0 Å². The monoisotopic (exact) mass is 329 g/mol. The standard InChI is InChI=1S/C17H23N5O2/c1-3-7-14-13(10-18-20-14)17(23)22(2)11-15-19-16(21-24-15)12-8-5-4-6-9-12/h4-6,8-9,13-14,18,20H,3,7,10-11H2,1-2H3. The molecule has 1 aromatic carbocycles. The van der Waals surface area contributed by atoms with Gasteiger partial charge in [-0.3, -0.25) is 15.6 Å². The van der Waals surface area contributed by atoms with Crippen LogP contribution in [0, 0.1) is 5.92 Å². The average Bonchev–Trinajstić information content (AvgIpc) is 3.25. The summed E-state index contributed by atoms with van der Waals surface area (Å²) in [5, 5.41) is 3.99. The molecule has 1 amide bonds. The second-order valence-electron chi connectivity index (χ2n) is 6.10. The van der Waals surface area contributed by atoms with Gasteiger partial charge in [0.15, 0.2) is 0 Å². The number of carbonyl (C=O) groups excluding carboxylic acids is 1. The third-order valence-electron chi connectivity index (χ3n) is 4.26. The fraction of sp³-hybridized carbons (Fsp3) is 0.471. The summed E-state index contributed by atoms with van der Waals surface area (Å²) in [6.07, 6.45) is 2.01. The summed E-state index contributed by atoms with van der Waals surface area (Å²) >= 11 is 0. The lowest BCUT2D eigenvalue weighted by Gasteiger charge is -2.22. The number of hydrogen-bond acceptors (Lipinski definition) is 6. The van der Waals surface area contributed by atoms with Gasteiger partial charge in [0.25, 0.3) is 0 Å². The number of benzene rings is 1. The second-order valence-corrected chi connectivity index (χ2v) is 6.10. The SMILES string of the molecule is CCCC1NNCC1C(=O)N(C)Cc1nc(-c2ccccc2)no1. The van der Waals surface area contributed by atoms with Crippen molar-refractivity contribution in [1.82, 2.24) is 25.9 Å². The van der Waals surface area contributed by atoms with E-state index < -0.39 is 0 Å². The normalized spacial score (nSPS) is 20.2. The molecular formula is C17H23N5O2. The Balaban J connectivity index is 1.63. The Morgan fingerprint density at radius 2 is 2.17 bits per heavy atom. The maximum absolute atomic E-state index is 12.7. The predicted molar refractivity (Wildman–Crippen MR) is 89.5 cm³/mol. The summed E-state index contributed by atoms with van der Waals surface area (Å²) < 4.78 is 5.29. The van der Waals surface area contributed by atoms with Gasteiger partial charge in [-0.2, -0.15) is 4.98 Å². The van der Waals surface area contributed by atoms with E-state index in [9.17, 15) is 4.79 Å². The lowest BCUT2D eigenvalue weighted by Crippen LogP contribution is -2.40. The first-order chi connectivity index (χ1) is 11.7. The zero-order chi connectivity index (χ0) is 16.9. The minimum absolute atomic E-state index is 0.0635. The number of nitrogens with one attached hydrogen (secondary N) is 2. The summed E-state index contributed by atoms with van der Waals surface area (Å²) in [5.41, 5.74) is 7.16. The molecule has 24 heavy (non-hydrogen) atoms. The van der Waals surface area contributed by atoms with Crippen molar-refractivity contribution < 1.29 is 9.32 Å². The van der Waals surface area contributed by atoms with Crippen molar-refractivity contribution in [3.63, 3.8) is 0 Å². The Morgan fingerprint density at radius 3 is 2.92 bits per heavy atom. The van der Waals surface area contributed by atoms with Gasteiger partial charge in [0.05, 0.1) is 12.5 Å². The average molecular weight is 329 g/mol. The van der Waals surface area contributed by atoms with E-state index in [0.717, 1.165) is 18.4 Å². The van der Waals surface area contributed by atoms with Crippen LogP contribution in [0.5, 0.6) is 0 Å². The van der Waals surface area contributed by atoms with Crippen LogP contribution < -0.4 is 10.9 Å². The van der Waals surface area contributed by atoms with E-state index in [-0.39, 0.29) is 17.9 Å². The molecule has 2 unspecified atom stereocenters. The number of rotatable bonds is 6. The topological polar surface area (TPSA) is 83.3 Å². The molecular weight excluding hydrogens is 306 g/mol. The highest BCUT2D eigenvalue weighted by atomic mass is 16.5. The maximum Gasteiger partial charge on any atom is 0.246 e. The summed E-state index contributed by atoms with van der Waals surface area (Å²) in [6.45, 7) is 3.08. The molecule has 0 bridgehead atoms. The van der Waals surface area contributed by atoms with Gasteiger partial charge in [-0.25, -0.2) is 0 Å². The zero-order valence-corrected chi connectivity index (χ0v) is 14.0. The van der Waals surface area contributed by atoms with Gasteiger partial charge < -0.3 is 9.42 Å². The Morgan fingerprint density at radius 1 is 1.38 bits per heavy atom. The predicted octanol–water partition coefficient (Wildman–Crippen LogP) is 1.59. The third kappa shape index (κ3) is 3.63. The summed E-state index contributed by atoms with van der Waals surface area (Å²) in [5.74, 6) is 1.01. The molecule has 0 spiro atoms. The van der Waals surface area contributed by atoms with Gasteiger partial charge in [-0.05, 0) is 6.42 Å². The van der Waals surface area contributed by atoms with Gasteiger partial charge >= 0.3 is 0 Å². The third-order valence-corrected chi connectivity index (χ3v) is 4.26. The van der Waals surface area contributed by atoms with Gasteiger partial charge in [0, 0.05) is 25.2 Å². The Bertz CT molecular complexity index is 673. The molecule has 2 heterocycles. The first-order valence-electron chi connectivity index (χ1n) is 8.30. The summed E-state index contributed by atoms with van der Waals surface area (Å²) in [7, 11) is 1.77. The Hall–Kier alpha value is -2.25. The van der Waals surface area contributed by atoms with Crippen molar-refractivity contribution in [1.29, 1.82) is 0 Å². The molecule has 0 saturated carbocycles. The number of carbonyl (C=O) groups is 1. The minimum atomic E-state index is -0.0635. The molecule has 0 aliphatic carbocycles. The highest BCUT2D eigenvalue weighted by molar-refractivity contribution is 5.79. The van der Waals surface area contributed by atoms with Crippen LogP contribution in [-0.4, -0.2) is 40.6 Å². The summed E-state index contributed by atoms with van der Waals surface area (Å²) in [4.78, 5) is 18.7. The maximum atomic E-state index is 12.7. The first-order valence-corrected chi connectivity index (χ1v) is 8.30. The van der Waals surface area contributed by atoms with Gasteiger partial charge in [-0.1, -0.05) is 48.8 Å². The first kappa shape index (κ1) is 16.6. The molecule has 1 aromatic heterocycles. The second kappa shape index (κ2) is 7.55. The van der Waals surface area contributed by atoms with Gasteiger partial charge in [0.1, 0.15) is 0 Å². The molecule has 1 aliphatic rings. The van der Waals surface area contributed by atoms with Crippen LogP contribution in [0.4, 0.5) is 0 Å². The zero-order valence-electron chi connectivity index (χ0n) is 14.0. The number of nitrogens with zero attached hydrogens (tertiary/aromatic N) is 3. The van der Waals surface area contributed by atoms with Crippen molar-refractivity contribution >= 4 is 5.91 Å². The highest BCUT2D eigenvalue weighted by Crippen LogP contribution is 2.18. The largest absolute Gasteiger partial charge is 0.337 e. The van der Waals surface area contributed by atoms with Crippen LogP contribution in [0.1, 0.15) is 25.7 Å². The number of hydrogen-bond donors (Lipinski definition) is 2. The molecule has 2 N–H and O–H groups in total. The lowest BCUT2D eigenvalue weighted by atomic mass is 9.97. The number of hydrazine groups is 1. The van der Waals surface area contributed by atoms with Crippen LogP contribution in [-0.2, 0) is 11.3 Å².